The standard InChI is InChI=1S/C22H24N8.C2H6/c1-2-19(27-21(3-1)26-16-8-10-23-11-9-16)20-13-24-22-7-6-18(28-30(20)22)15-12-25-29(14-15)17-4-5-17;1-2/h1-3,6-7,12-14,16-17,23H,4-5,8-11H2,(H,26,27);1-2H3. The van der Waals surface area contributed by atoms with E-state index >= 15 is 0 Å². The average Bonchev–Trinajstić information content (AvgIpc) is 3.42. The molecule has 2 aliphatic rings. The molecule has 166 valence electrons. The molecular weight excluding hydrogens is 400 g/mol. The molecule has 0 bridgehead atoms. The number of hydrogen-bond donors (Lipinski definition) is 2. The number of pyridine rings is 1. The Morgan fingerprint density at radius 3 is 2.62 bits per heavy atom. The Hall–Kier alpha value is -3.26. The normalized spacial score (nSPS) is 16.6. The lowest BCUT2D eigenvalue weighted by atomic mass is 10.1. The molecular formula is C24H30N8. The molecule has 8 heteroatoms. The van der Waals surface area contributed by atoms with Gasteiger partial charge in [-0.2, -0.15) is 10.2 Å². The summed E-state index contributed by atoms with van der Waals surface area (Å²) >= 11 is 0. The van der Waals surface area contributed by atoms with Crippen LogP contribution < -0.4 is 10.6 Å². The lowest BCUT2D eigenvalue weighted by molar-refractivity contribution is 0.478. The van der Waals surface area contributed by atoms with Crippen molar-refractivity contribution in [2.45, 2.75) is 51.6 Å². The van der Waals surface area contributed by atoms with Gasteiger partial charge >= 0.3 is 0 Å². The number of imidazole rings is 1. The van der Waals surface area contributed by atoms with Gasteiger partial charge in [-0.25, -0.2) is 14.5 Å². The van der Waals surface area contributed by atoms with Gasteiger partial charge in [0.05, 0.1) is 29.8 Å². The van der Waals surface area contributed by atoms with Crippen molar-refractivity contribution in [2.75, 3.05) is 18.4 Å². The Kier molecular flexibility index (Phi) is 5.85. The number of piperidine rings is 1. The maximum atomic E-state index is 4.85. The van der Waals surface area contributed by atoms with Crippen molar-refractivity contribution >= 4 is 11.5 Å². The van der Waals surface area contributed by atoms with Crippen LogP contribution in [0.2, 0.25) is 0 Å². The molecule has 4 aromatic heterocycles. The van der Waals surface area contributed by atoms with Crippen molar-refractivity contribution in [3.63, 3.8) is 0 Å². The largest absolute Gasteiger partial charge is 0.367 e. The van der Waals surface area contributed by atoms with Gasteiger partial charge in [-0.05, 0) is 63.0 Å². The highest BCUT2D eigenvalue weighted by atomic mass is 15.3. The minimum Gasteiger partial charge on any atom is -0.367 e. The number of fused-ring (bicyclic) bond motifs is 1. The van der Waals surface area contributed by atoms with Gasteiger partial charge in [-0.15, -0.1) is 0 Å². The van der Waals surface area contributed by atoms with Gasteiger partial charge < -0.3 is 10.6 Å². The molecule has 8 nitrogen and oxygen atoms in total. The second kappa shape index (κ2) is 9.08. The summed E-state index contributed by atoms with van der Waals surface area (Å²) in [6.07, 6.45) is 10.5. The number of rotatable bonds is 5. The van der Waals surface area contributed by atoms with Crippen molar-refractivity contribution < 1.29 is 0 Å². The van der Waals surface area contributed by atoms with Gasteiger partial charge in [0.1, 0.15) is 11.5 Å². The highest BCUT2D eigenvalue weighted by Gasteiger charge is 2.24. The molecule has 2 N–H and O–H groups in total. The van der Waals surface area contributed by atoms with E-state index < -0.39 is 0 Å². The molecule has 32 heavy (non-hydrogen) atoms. The topological polar surface area (TPSA) is 85.0 Å². The Balaban J connectivity index is 0.00000105. The first-order valence-corrected chi connectivity index (χ1v) is 11.7. The van der Waals surface area contributed by atoms with E-state index in [-0.39, 0.29) is 0 Å². The summed E-state index contributed by atoms with van der Waals surface area (Å²) in [7, 11) is 0. The van der Waals surface area contributed by atoms with Gasteiger partial charge in [0.25, 0.3) is 0 Å². The SMILES string of the molecule is CC.c1cc(NC2CCNCC2)nc(-c2cnc3ccc(-c4cnn(C5CC5)c4)nn23)c1. The lowest BCUT2D eigenvalue weighted by Gasteiger charge is -2.24. The zero-order valence-electron chi connectivity index (χ0n) is 18.7. The average molecular weight is 431 g/mol. The van der Waals surface area contributed by atoms with Crippen molar-refractivity contribution in [1.29, 1.82) is 0 Å². The van der Waals surface area contributed by atoms with Crippen LogP contribution in [-0.4, -0.2) is 48.5 Å². The molecule has 0 atom stereocenters. The minimum absolute atomic E-state index is 0.462. The maximum absolute atomic E-state index is 4.85. The first-order chi connectivity index (χ1) is 15.8. The number of aromatic nitrogens is 6. The Bertz CT molecular complexity index is 1180. The third kappa shape index (κ3) is 4.23. The zero-order valence-corrected chi connectivity index (χ0v) is 18.7. The van der Waals surface area contributed by atoms with Crippen LogP contribution in [0.4, 0.5) is 5.82 Å². The molecule has 6 rings (SSSR count). The molecule has 0 aromatic carbocycles. The van der Waals surface area contributed by atoms with Crippen LogP contribution >= 0.6 is 0 Å². The molecule has 0 radical (unpaired) electrons. The minimum atomic E-state index is 0.462. The van der Waals surface area contributed by atoms with Crippen molar-refractivity contribution in [3.05, 3.63) is 48.9 Å². The van der Waals surface area contributed by atoms with Crippen molar-refractivity contribution in [2.24, 2.45) is 0 Å². The summed E-state index contributed by atoms with van der Waals surface area (Å²) in [5, 5.41) is 16.3. The third-order valence-electron chi connectivity index (χ3n) is 5.88. The molecule has 5 heterocycles. The first kappa shape index (κ1) is 20.6. The quantitative estimate of drug-likeness (QED) is 0.494. The van der Waals surface area contributed by atoms with E-state index in [0.29, 0.717) is 12.1 Å². The van der Waals surface area contributed by atoms with E-state index in [4.69, 9.17) is 10.1 Å². The van der Waals surface area contributed by atoms with Crippen LogP contribution in [0, 0.1) is 0 Å². The Labute approximate surface area is 188 Å². The second-order valence-electron chi connectivity index (χ2n) is 8.15. The monoisotopic (exact) mass is 430 g/mol. The Morgan fingerprint density at radius 1 is 0.969 bits per heavy atom. The summed E-state index contributed by atoms with van der Waals surface area (Å²) in [5.41, 5.74) is 4.47. The van der Waals surface area contributed by atoms with Crippen molar-refractivity contribution in [3.8, 4) is 22.6 Å². The van der Waals surface area contributed by atoms with E-state index in [1.54, 1.807) is 0 Å². The predicted molar refractivity (Wildman–Crippen MR) is 127 cm³/mol. The maximum Gasteiger partial charge on any atom is 0.154 e. The van der Waals surface area contributed by atoms with Gasteiger partial charge in [0.2, 0.25) is 0 Å². The van der Waals surface area contributed by atoms with Crippen LogP contribution in [-0.2, 0) is 0 Å². The van der Waals surface area contributed by atoms with E-state index in [1.807, 2.05) is 65.8 Å². The Morgan fingerprint density at radius 2 is 1.81 bits per heavy atom. The predicted octanol–water partition coefficient (Wildman–Crippen LogP) is 4.18. The molecule has 0 unspecified atom stereocenters. The van der Waals surface area contributed by atoms with Gasteiger partial charge in [-0.3, -0.25) is 4.68 Å². The number of nitrogens with one attached hydrogen (secondary N) is 2. The fourth-order valence-electron chi connectivity index (χ4n) is 4.04. The van der Waals surface area contributed by atoms with Crippen LogP contribution in [0.15, 0.2) is 48.9 Å². The summed E-state index contributed by atoms with van der Waals surface area (Å²) in [5.74, 6) is 0.899. The summed E-state index contributed by atoms with van der Waals surface area (Å²) < 4.78 is 3.92. The van der Waals surface area contributed by atoms with E-state index in [0.717, 1.165) is 60.0 Å². The highest BCUT2D eigenvalue weighted by molar-refractivity contribution is 5.64. The molecule has 4 aromatic rings. The first-order valence-electron chi connectivity index (χ1n) is 11.7. The van der Waals surface area contributed by atoms with Crippen LogP contribution in [0.5, 0.6) is 0 Å². The lowest BCUT2D eigenvalue weighted by Crippen LogP contribution is -2.35. The number of anilines is 1. The molecule has 0 amide bonds. The van der Waals surface area contributed by atoms with E-state index in [9.17, 15) is 0 Å². The zero-order chi connectivity index (χ0) is 21.9. The van der Waals surface area contributed by atoms with Gasteiger partial charge in [0.15, 0.2) is 5.65 Å². The van der Waals surface area contributed by atoms with Crippen LogP contribution in [0.1, 0.15) is 45.6 Å². The molecule has 2 fully saturated rings. The van der Waals surface area contributed by atoms with Gasteiger partial charge in [0, 0.05) is 17.8 Å². The van der Waals surface area contributed by atoms with Crippen molar-refractivity contribution in [1.82, 2.24) is 34.7 Å². The van der Waals surface area contributed by atoms with Gasteiger partial charge in [-0.1, -0.05) is 19.9 Å². The third-order valence-corrected chi connectivity index (χ3v) is 5.88. The fourth-order valence-corrected chi connectivity index (χ4v) is 4.04. The molecule has 1 aliphatic carbocycles. The summed E-state index contributed by atoms with van der Waals surface area (Å²) in [6, 6.07) is 11.1. The summed E-state index contributed by atoms with van der Waals surface area (Å²) in [6.45, 7) is 6.10. The van der Waals surface area contributed by atoms with E-state index in [1.165, 1.54) is 12.8 Å². The van der Waals surface area contributed by atoms with Crippen LogP contribution in [0.3, 0.4) is 0 Å². The molecule has 1 saturated heterocycles. The molecule has 1 aliphatic heterocycles. The van der Waals surface area contributed by atoms with E-state index in [2.05, 4.69) is 26.9 Å². The molecule has 1 saturated carbocycles. The number of nitrogens with zero attached hydrogens (tertiary/aromatic N) is 6. The number of hydrogen-bond acceptors (Lipinski definition) is 6. The summed E-state index contributed by atoms with van der Waals surface area (Å²) in [4.78, 5) is 9.38. The second-order valence-corrected chi connectivity index (χ2v) is 8.15. The smallest absolute Gasteiger partial charge is 0.154 e. The fraction of sp³-hybridized carbons (Fsp3) is 0.417. The molecule has 0 spiro atoms. The highest BCUT2D eigenvalue weighted by Crippen LogP contribution is 2.35. The van der Waals surface area contributed by atoms with Crippen LogP contribution in [0.25, 0.3) is 28.3 Å².